The van der Waals surface area contributed by atoms with Gasteiger partial charge in [-0.15, -0.1) is 12.3 Å². The maximum Gasteiger partial charge on any atom is 0.0158 e. The van der Waals surface area contributed by atoms with E-state index in [9.17, 15) is 0 Å². The summed E-state index contributed by atoms with van der Waals surface area (Å²) in [5.74, 6) is 3.36. The SMILES string of the molecule is C#CCC1Cc2ccccc21. The maximum absolute atomic E-state index is 5.25. The highest BCUT2D eigenvalue weighted by Crippen LogP contribution is 2.36. The lowest BCUT2D eigenvalue weighted by atomic mass is 9.76. The van der Waals surface area contributed by atoms with Gasteiger partial charge in [0.25, 0.3) is 0 Å². The van der Waals surface area contributed by atoms with E-state index in [2.05, 4.69) is 30.2 Å². The molecule has 1 aliphatic carbocycles. The van der Waals surface area contributed by atoms with Crippen LogP contribution in [0.5, 0.6) is 0 Å². The fourth-order valence-electron chi connectivity index (χ4n) is 1.69. The monoisotopic (exact) mass is 142 g/mol. The summed E-state index contributed by atoms with van der Waals surface area (Å²) in [6, 6.07) is 8.54. The van der Waals surface area contributed by atoms with Crippen LogP contribution in [-0.4, -0.2) is 0 Å². The van der Waals surface area contributed by atoms with E-state index < -0.39 is 0 Å². The molecule has 0 nitrogen and oxygen atoms in total. The average molecular weight is 142 g/mol. The zero-order chi connectivity index (χ0) is 7.68. The van der Waals surface area contributed by atoms with Crippen LogP contribution < -0.4 is 0 Å². The predicted molar refractivity (Wildman–Crippen MR) is 46.3 cm³/mol. The van der Waals surface area contributed by atoms with E-state index in [-0.39, 0.29) is 0 Å². The molecule has 0 heterocycles. The summed E-state index contributed by atoms with van der Waals surface area (Å²) in [5, 5.41) is 0. The summed E-state index contributed by atoms with van der Waals surface area (Å²) < 4.78 is 0. The molecule has 0 saturated carbocycles. The van der Waals surface area contributed by atoms with Gasteiger partial charge in [0.2, 0.25) is 0 Å². The average Bonchev–Trinajstić information content (AvgIpc) is 2.01. The number of hydrogen-bond donors (Lipinski definition) is 0. The van der Waals surface area contributed by atoms with Gasteiger partial charge in [-0.05, 0) is 23.5 Å². The molecule has 1 aromatic carbocycles. The van der Waals surface area contributed by atoms with Gasteiger partial charge >= 0.3 is 0 Å². The Morgan fingerprint density at radius 1 is 1.45 bits per heavy atom. The van der Waals surface area contributed by atoms with E-state index in [0.717, 1.165) is 6.42 Å². The van der Waals surface area contributed by atoms with Crippen molar-refractivity contribution in [2.45, 2.75) is 18.8 Å². The standard InChI is InChI=1S/C11H10/c1-2-5-9-8-10-6-3-4-7-11(9)10/h1,3-4,6-7,9H,5,8H2. The molecular weight excluding hydrogens is 132 g/mol. The summed E-state index contributed by atoms with van der Waals surface area (Å²) in [6.07, 6.45) is 7.33. The molecule has 1 aromatic rings. The largest absolute Gasteiger partial charge is 0.120 e. The lowest BCUT2D eigenvalue weighted by molar-refractivity contribution is 0.625. The summed E-state index contributed by atoms with van der Waals surface area (Å²) in [6.45, 7) is 0. The minimum atomic E-state index is 0.649. The maximum atomic E-state index is 5.25. The number of benzene rings is 1. The molecule has 0 bridgehead atoms. The molecule has 0 spiro atoms. The van der Waals surface area contributed by atoms with Crippen molar-refractivity contribution >= 4 is 0 Å². The minimum absolute atomic E-state index is 0.649. The van der Waals surface area contributed by atoms with E-state index in [0.29, 0.717) is 5.92 Å². The smallest absolute Gasteiger partial charge is 0.0158 e. The van der Waals surface area contributed by atoms with Crippen LogP contribution in [0, 0.1) is 12.3 Å². The van der Waals surface area contributed by atoms with Crippen LogP contribution >= 0.6 is 0 Å². The topological polar surface area (TPSA) is 0 Å². The first-order valence-corrected chi connectivity index (χ1v) is 3.93. The van der Waals surface area contributed by atoms with Gasteiger partial charge in [0.05, 0.1) is 0 Å². The van der Waals surface area contributed by atoms with Crippen molar-refractivity contribution in [3.05, 3.63) is 35.4 Å². The second kappa shape index (κ2) is 2.43. The Kier molecular flexibility index (Phi) is 1.43. The highest BCUT2D eigenvalue weighted by molar-refractivity contribution is 5.40. The minimum Gasteiger partial charge on any atom is -0.120 e. The Balaban J connectivity index is 2.24. The molecule has 0 heteroatoms. The lowest BCUT2D eigenvalue weighted by Crippen LogP contribution is -2.15. The van der Waals surface area contributed by atoms with Gasteiger partial charge in [0, 0.05) is 6.42 Å². The molecule has 11 heavy (non-hydrogen) atoms. The van der Waals surface area contributed by atoms with Crippen LogP contribution in [-0.2, 0) is 6.42 Å². The Labute approximate surface area is 67.2 Å². The van der Waals surface area contributed by atoms with Crippen molar-refractivity contribution in [1.29, 1.82) is 0 Å². The number of terminal acetylenes is 1. The van der Waals surface area contributed by atoms with Gasteiger partial charge < -0.3 is 0 Å². The first-order chi connectivity index (χ1) is 5.42. The molecule has 0 fully saturated rings. The predicted octanol–water partition coefficient (Wildman–Crippen LogP) is 2.35. The van der Waals surface area contributed by atoms with Gasteiger partial charge in [0.1, 0.15) is 0 Å². The molecule has 54 valence electrons. The molecule has 0 radical (unpaired) electrons. The molecule has 0 N–H and O–H groups in total. The van der Waals surface area contributed by atoms with Gasteiger partial charge in [-0.25, -0.2) is 0 Å². The molecule has 0 saturated heterocycles. The molecule has 1 atom stereocenters. The second-order valence-electron chi connectivity index (χ2n) is 3.01. The molecule has 0 aromatic heterocycles. The zero-order valence-corrected chi connectivity index (χ0v) is 6.38. The Morgan fingerprint density at radius 2 is 2.27 bits per heavy atom. The third-order valence-corrected chi connectivity index (χ3v) is 2.33. The van der Waals surface area contributed by atoms with E-state index in [1.54, 1.807) is 0 Å². The molecule has 1 aliphatic rings. The van der Waals surface area contributed by atoms with Crippen molar-refractivity contribution in [3.63, 3.8) is 0 Å². The van der Waals surface area contributed by atoms with Crippen molar-refractivity contribution < 1.29 is 0 Å². The molecule has 2 rings (SSSR count). The fourth-order valence-corrected chi connectivity index (χ4v) is 1.69. The van der Waals surface area contributed by atoms with Crippen LogP contribution in [0.15, 0.2) is 24.3 Å². The van der Waals surface area contributed by atoms with Gasteiger partial charge in [-0.1, -0.05) is 24.3 Å². The highest BCUT2D eigenvalue weighted by atomic mass is 14.3. The van der Waals surface area contributed by atoms with Crippen molar-refractivity contribution in [3.8, 4) is 12.3 Å². The van der Waals surface area contributed by atoms with E-state index >= 15 is 0 Å². The lowest BCUT2D eigenvalue weighted by Gasteiger charge is -2.28. The van der Waals surface area contributed by atoms with Gasteiger partial charge in [-0.2, -0.15) is 0 Å². The van der Waals surface area contributed by atoms with Gasteiger partial charge in [-0.3, -0.25) is 0 Å². The van der Waals surface area contributed by atoms with E-state index in [1.807, 2.05) is 0 Å². The van der Waals surface area contributed by atoms with Crippen LogP contribution in [0.25, 0.3) is 0 Å². The second-order valence-corrected chi connectivity index (χ2v) is 3.01. The quantitative estimate of drug-likeness (QED) is 0.528. The summed E-state index contributed by atoms with van der Waals surface area (Å²) in [7, 11) is 0. The summed E-state index contributed by atoms with van der Waals surface area (Å²) in [4.78, 5) is 0. The Hall–Kier alpha value is -1.22. The summed E-state index contributed by atoms with van der Waals surface area (Å²) in [5.41, 5.74) is 2.94. The van der Waals surface area contributed by atoms with Crippen molar-refractivity contribution in [2.24, 2.45) is 0 Å². The molecule has 0 aliphatic heterocycles. The Bertz CT molecular complexity index is 304. The van der Waals surface area contributed by atoms with E-state index in [1.165, 1.54) is 17.5 Å². The molecule has 0 amide bonds. The number of rotatable bonds is 1. The fraction of sp³-hybridized carbons (Fsp3) is 0.273. The zero-order valence-electron chi connectivity index (χ0n) is 6.38. The third-order valence-electron chi connectivity index (χ3n) is 2.33. The normalized spacial score (nSPS) is 19.7. The Morgan fingerprint density at radius 3 is 3.00 bits per heavy atom. The van der Waals surface area contributed by atoms with Crippen molar-refractivity contribution in [2.75, 3.05) is 0 Å². The first-order valence-electron chi connectivity index (χ1n) is 3.93. The third kappa shape index (κ3) is 0.935. The number of fused-ring (bicyclic) bond motifs is 1. The molecule has 1 unspecified atom stereocenters. The van der Waals surface area contributed by atoms with Crippen molar-refractivity contribution in [1.82, 2.24) is 0 Å². The number of hydrogen-bond acceptors (Lipinski definition) is 0. The van der Waals surface area contributed by atoms with Gasteiger partial charge in [0.15, 0.2) is 0 Å². The molecular formula is C11H10. The van der Waals surface area contributed by atoms with Crippen LogP contribution in [0.4, 0.5) is 0 Å². The van der Waals surface area contributed by atoms with Crippen LogP contribution in [0.2, 0.25) is 0 Å². The van der Waals surface area contributed by atoms with Crippen LogP contribution in [0.1, 0.15) is 23.5 Å². The summed E-state index contributed by atoms with van der Waals surface area (Å²) >= 11 is 0. The van der Waals surface area contributed by atoms with E-state index in [4.69, 9.17) is 6.42 Å². The highest BCUT2D eigenvalue weighted by Gasteiger charge is 2.23. The first kappa shape index (κ1) is 6.49. The van der Waals surface area contributed by atoms with Crippen LogP contribution in [0.3, 0.4) is 0 Å².